The zero-order chi connectivity index (χ0) is 44.0. The Morgan fingerprint density at radius 3 is 1.61 bits per heavy atom. The molecular formula is C64H45NS. The molecule has 0 unspecified atom stereocenters. The van der Waals surface area contributed by atoms with Crippen LogP contribution in [0.5, 0.6) is 0 Å². The van der Waals surface area contributed by atoms with Gasteiger partial charge in [0.25, 0.3) is 0 Å². The van der Waals surface area contributed by atoms with Gasteiger partial charge in [-0.15, -0.1) is 11.3 Å². The number of thiophene rings is 1. The molecule has 13 rings (SSSR count). The third-order valence-electron chi connectivity index (χ3n) is 14.6. The van der Waals surface area contributed by atoms with E-state index in [0.717, 1.165) is 17.1 Å². The van der Waals surface area contributed by atoms with E-state index in [1.807, 2.05) is 11.3 Å². The van der Waals surface area contributed by atoms with Crippen LogP contribution in [0.4, 0.5) is 17.1 Å². The second-order valence-electron chi connectivity index (χ2n) is 18.4. The zero-order valence-corrected chi connectivity index (χ0v) is 37.7. The summed E-state index contributed by atoms with van der Waals surface area (Å²) < 4.78 is 2.58. The Balaban J connectivity index is 1.12. The summed E-state index contributed by atoms with van der Waals surface area (Å²) in [6, 6.07) is 88.5. The first-order valence-corrected chi connectivity index (χ1v) is 23.8. The highest BCUT2D eigenvalue weighted by Gasteiger charge is 2.48. The molecule has 11 aromatic rings. The second-order valence-corrected chi connectivity index (χ2v) is 19.5. The van der Waals surface area contributed by atoms with Crippen molar-refractivity contribution in [1.29, 1.82) is 0 Å². The fourth-order valence-electron chi connectivity index (χ4n) is 11.6. The average Bonchev–Trinajstić information content (AvgIpc) is 3.98. The molecule has 0 bridgehead atoms. The smallest absolute Gasteiger partial charge is 0.0734 e. The number of hydrogen-bond acceptors (Lipinski definition) is 2. The molecule has 0 atom stereocenters. The molecule has 1 heterocycles. The maximum atomic E-state index is 2.56. The number of rotatable bonds is 7. The molecule has 2 aliphatic carbocycles. The van der Waals surface area contributed by atoms with Gasteiger partial charge in [-0.05, 0) is 126 Å². The predicted octanol–water partition coefficient (Wildman–Crippen LogP) is 17.5. The molecule has 0 amide bonds. The van der Waals surface area contributed by atoms with Crippen molar-refractivity contribution in [2.24, 2.45) is 0 Å². The molecule has 0 fully saturated rings. The molecule has 1 aromatic heterocycles. The maximum absolute atomic E-state index is 2.56. The summed E-state index contributed by atoms with van der Waals surface area (Å²) in [5.74, 6) is 0. The van der Waals surface area contributed by atoms with Gasteiger partial charge in [0, 0.05) is 37.0 Å². The molecule has 0 N–H and O–H groups in total. The maximum Gasteiger partial charge on any atom is 0.0734 e. The van der Waals surface area contributed by atoms with E-state index in [9.17, 15) is 0 Å². The van der Waals surface area contributed by atoms with Crippen molar-refractivity contribution in [3.8, 4) is 44.5 Å². The second kappa shape index (κ2) is 14.9. The Morgan fingerprint density at radius 1 is 0.348 bits per heavy atom. The van der Waals surface area contributed by atoms with E-state index in [2.05, 4.69) is 255 Å². The van der Waals surface area contributed by atoms with E-state index in [4.69, 9.17) is 0 Å². The van der Waals surface area contributed by atoms with Crippen molar-refractivity contribution >= 4 is 48.6 Å². The monoisotopic (exact) mass is 859 g/mol. The van der Waals surface area contributed by atoms with Crippen LogP contribution in [0.25, 0.3) is 64.7 Å². The fourth-order valence-corrected chi connectivity index (χ4v) is 12.7. The number of fused-ring (bicyclic) bond motifs is 9. The summed E-state index contributed by atoms with van der Waals surface area (Å²) in [4.78, 5) is 2.56. The highest BCUT2D eigenvalue weighted by molar-refractivity contribution is 7.26. The highest BCUT2D eigenvalue weighted by Crippen LogP contribution is 2.60. The molecule has 0 saturated carbocycles. The normalized spacial score (nSPS) is 13.8. The lowest BCUT2D eigenvalue weighted by atomic mass is 9.66. The minimum atomic E-state index is -0.654. The van der Waals surface area contributed by atoms with Gasteiger partial charge in [0.1, 0.15) is 0 Å². The first-order valence-electron chi connectivity index (χ1n) is 23.0. The van der Waals surface area contributed by atoms with Crippen LogP contribution in [0.3, 0.4) is 0 Å². The Labute approximate surface area is 390 Å². The lowest BCUT2D eigenvalue weighted by Crippen LogP contribution is -2.31. The average molecular weight is 860 g/mol. The number of anilines is 3. The van der Waals surface area contributed by atoms with Crippen LogP contribution in [0, 0.1) is 0 Å². The van der Waals surface area contributed by atoms with Crippen LogP contribution < -0.4 is 4.90 Å². The molecule has 2 aliphatic rings. The molecule has 312 valence electrons. The Morgan fingerprint density at radius 2 is 0.879 bits per heavy atom. The molecule has 1 nitrogen and oxygen atoms in total. The number of hydrogen-bond donors (Lipinski definition) is 0. The number of nitrogens with zero attached hydrogens (tertiary/aromatic N) is 1. The first-order chi connectivity index (χ1) is 32.5. The van der Waals surface area contributed by atoms with E-state index in [1.165, 1.54) is 98.1 Å². The van der Waals surface area contributed by atoms with Crippen LogP contribution in [0.1, 0.15) is 47.2 Å². The van der Waals surface area contributed by atoms with Gasteiger partial charge < -0.3 is 4.90 Å². The summed E-state index contributed by atoms with van der Waals surface area (Å²) in [6.45, 7) is 4.77. The van der Waals surface area contributed by atoms with E-state index in [-0.39, 0.29) is 5.41 Å². The van der Waals surface area contributed by atoms with Crippen molar-refractivity contribution in [2.45, 2.75) is 24.7 Å². The van der Waals surface area contributed by atoms with Gasteiger partial charge >= 0.3 is 0 Å². The summed E-state index contributed by atoms with van der Waals surface area (Å²) in [5.41, 5.74) is 20.4. The first kappa shape index (κ1) is 38.7. The van der Waals surface area contributed by atoms with Gasteiger partial charge in [0.15, 0.2) is 0 Å². The van der Waals surface area contributed by atoms with Crippen molar-refractivity contribution in [3.05, 3.63) is 270 Å². The molecule has 0 saturated heterocycles. The van der Waals surface area contributed by atoms with E-state index in [0.29, 0.717) is 0 Å². The van der Waals surface area contributed by atoms with Gasteiger partial charge in [-0.1, -0.05) is 202 Å². The Kier molecular flexibility index (Phi) is 8.72. The summed E-state index contributed by atoms with van der Waals surface area (Å²) in [6.07, 6.45) is 0. The lowest BCUT2D eigenvalue weighted by Gasteiger charge is -2.38. The van der Waals surface area contributed by atoms with Crippen molar-refractivity contribution in [2.75, 3.05) is 4.90 Å². The Hall–Kier alpha value is -7.78. The topological polar surface area (TPSA) is 3.24 Å². The predicted molar refractivity (Wildman–Crippen MR) is 280 cm³/mol. The number of para-hydroxylation sites is 1. The molecule has 0 radical (unpaired) electrons. The van der Waals surface area contributed by atoms with Crippen LogP contribution in [-0.2, 0) is 10.8 Å². The largest absolute Gasteiger partial charge is 0.310 e. The van der Waals surface area contributed by atoms with Crippen molar-refractivity contribution in [1.82, 2.24) is 0 Å². The van der Waals surface area contributed by atoms with E-state index in [1.54, 1.807) is 0 Å². The SMILES string of the molecule is CC1(C)c2ccccc2-c2ccc(N(c3ccc4sc5cccc(-c6ccccc6)c5c4c3)c3ccccc3C3(c4cccc(-c5ccccc5)c4)c4ccccc4-c4ccccc43)cc21. The highest BCUT2D eigenvalue weighted by atomic mass is 32.1. The van der Waals surface area contributed by atoms with E-state index >= 15 is 0 Å². The minimum Gasteiger partial charge on any atom is -0.310 e. The van der Waals surface area contributed by atoms with Crippen LogP contribution in [0.2, 0.25) is 0 Å². The third kappa shape index (κ3) is 5.65. The fraction of sp³-hybridized carbons (Fsp3) is 0.0625. The van der Waals surface area contributed by atoms with Gasteiger partial charge in [0.05, 0.1) is 11.1 Å². The molecule has 10 aromatic carbocycles. The molecule has 66 heavy (non-hydrogen) atoms. The molecular weight excluding hydrogens is 815 g/mol. The van der Waals surface area contributed by atoms with Gasteiger partial charge in [0.2, 0.25) is 0 Å². The van der Waals surface area contributed by atoms with Crippen LogP contribution in [-0.4, -0.2) is 0 Å². The number of benzene rings is 10. The molecule has 0 spiro atoms. The van der Waals surface area contributed by atoms with E-state index < -0.39 is 5.41 Å². The quantitative estimate of drug-likeness (QED) is 0.154. The molecule has 2 heteroatoms. The minimum absolute atomic E-state index is 0.173. The zero-order valence-electron chi connectivity index (χ0n) is 36.9. The van der Waals surface area contributed by atoms with Gasteiger partial charge in [-0.25, -0.2) is 0 Å². The van der Waals surface area contributed by atoms with Crippen LogP contribution >= 0.6 is 11.3 Å². The molecule has 0 aliphatic heterocycles. The summed E-state index contributed by atoms with van der Waals surface area (Å²) in [7, 11) is 0. The van der Waals surface area contributed by atoms with Crippen molar-refractivity contribution in [3.63, 3.8) is 0 Å². The lowest BCUT2D eigenvalue weighted by molar-refractivity contribution is 0.660. The summed E-state index contributed by atoms with van der Waals surface area (Å²) in [5, 5.41) is 2.57. The Bertz CT molecular complexity index is 3640. The van der Waals surface area contributed by atoms with Crippen molar-refractivity contribution < 1.29 is 0 Å². The van der Waals surface area contributed by atoms with Gasteiger partial charge in [-0.2, -0.15) is 0 Å². The third-order valence-corrected chi connectivity index (χ3v) is 15.7. The standard InChI is InChI=1S/C64H45NS/c1-63(2)54-29-12-9-25-49(54)52-37-35-47(41-58(52)63)65(46-36-38-60-53(40-46)62-48(28-18-34-61(62)66-60)43-21-7-4-8-22-43)59-33-16-15-32-57(59)64(45-24-17-23-44(39-45)42-19-5-3-6-20-42)55-30-13-10-26-50(55)51-27-11-14-31-56(51)64/h3-41H,1-2H3. The van der Waals surface area contributed by atoms with Gasteiger partial charge in [-0.3, -0.25) is 0 Å². The summed E-state index contributed by atoms with van der Waals surface area (Å²) >= 11 is 1.88. The van der Waals surface area contributed by atoms with Crippen LogP contribution in [0.15, 0.2) is 237 Å².